The Morgan fingerprint density at radius 3 is 1.75 bits per heavy atom. The summed E-state index contributed by atoms with van der Waals surface area (Å²) < 4.78 is 2.14. The molecule has 0 aromatic heterocycles. The third-order valence-corrected chi connectivity index (χ3v) is 5.17. The Balaban J connectivity index is 1.94. The van der Waals surface area contributed by atoms with E-state index in [0.717, 1.165) is 14.5 Å². The molecule has 0 saturated carbocycles. The second-order valence-corrected chi connectivity index (χ2v) is 7.50. The third-order valence-electron chi connectivity index (χ3n) is 4.18. The van der Waals surface area contributed by atoms with Gasteiger partial charge in [-0.05, 0) is 75.9 Å². The first-order valence-corrected chi connectivity index (χ1v) is 9.06. The summed E-state index contributed by atoms with van der Waals surface area (Å²) in [5.41, 5.74) is 7.91. The van der Waals surface area contributed by atoms with Crippen molar-refractivity contribution in [3.05, 3.63) is 91.9 Å². The molecule has 24 heavy (non-hydrogen) atoms. The fraction of sp³-hybridized carbons (Fsp3) is 0. The summed E-state index contributed by atoms with van der Waals surface area (Å²) in [6, 6.07) is 22.6. The van der Waals surface area contributed by atoms with Crippen LogP contribution in [0.2, 0.25) is 0 Å². The van der Waals surface area contributed by atoms with E-state index in [1.54, 1.807) is 0 Å². The van der Waals surface area contributed by atoms with E-state index in [9.17, 15) is 0 Å². The number of nitriles is 1. The Bertz CT molecular complexity index is 971. The summed E-state index contributed by atoms with van der Waals surface area (Å²) in [4.78, 5) is 0. The zero-order valence-corrected chi connectivity index (χ0v) is 15.7. The molecule has 3 aromatic rings. The Labute approximate surface area is 157 Å². The standard InChI is InChI=1S/C21H11Br2N/c22-15-5-7-17-18-8-6-16(23)11-21(18)19(20(17)10-15)9-13-1-3-14(12-24)4-2-13/h1-11H. The lowest BCUT2D eigenvalue weighted by Crippen LogP contribution is -1.83. The van der Waals surface area contributed by atoms with E-state index in [1.165, 1.54) is 27.8 Å². The third kappa shape index (κ3) is 2.62. The summed E-state index contributed by atoms with van der Waals surface area (Å²) in [6.07, 6.45) is 2.19. The highest BCUT2D eigenvalue weighted by molar-refractivity contribution is 9.10. The van der Waals surface area contributed by atoms with Crippen LogP contribution in [0.3, 0.4) is 0 Å². The molecule has 3 aromatic carbocycles. The van der Waals surface area contributed by atoms with Gasteiger partial charge in [-0.1, -0.05) is 56.1 Å². The maximum Gasteiger partial charge on any atom is 0.0991 e. The van der Waals surface area contributed by atoms with Crippen molar-refractivity contribution in [2.45, 2.75) is 0 Å². The van der Waals surface area contributed by atoms with E-state index in [0.29, 0.717) is 5.56 Å². The zero-order valence-electron chi connectivity index (χ0n) is 12.6. The number of nitrogens with zero attached hydrogens (tertiary/aromatic N) is 1. The van der Waals surface area contributed by atoms with Crippen LogP contribution in [0.5, 0.6) is 0 Å². The molecular weight excluding hydrogens is 426 g/mol. The van der Waals surface area contributed by atoms with Crippen LogP contribution in [0, 0.1) is 11.3 Å². The molecule has 0 spiro atoms. The van der Waals surface area contributed by atoms with Crippen molar-refractivity contribution in [3.8, 4) is 17.2 Å². The quantitative estimate of drug-likeness (QED) is 0.327. The van der Waals surface area contributed by atoms with E-state index in [2.05, 4.69) is 80.4 Å². The number of fused-ring (bicyclic) bond motifs is 3. The van der Waals surface area contributed by atoms with Crippen LogP contribution in [0.4, 0.5) is 0 Å². The van der Waals surface area contributed by atoms with Crippen molar-refractivity contribution >= 4 is 43.5 Å². The van der Waals surface area contributed by atoms with Gasteiger partial charge in [0.15, 0.2) is 0 Å². The molecule has 0 radical (unpaired) electrons. The first kappa shape index (κ1) is 15.4. The molecule has 1 aliphatic carbocycles. The zero-order chi connectivity index (χ0) is 16.7. The molecule has 0 aliphatic heterocycles. The molecule has 0 bridgehead atoms. The minimum Gasteiger partial charge on any atom is -0.192 e. The predicted molar refractivity (Wildman–Crippen MR) is 105 cm³/mol. The van der Waals surface area contributed by atoms with Crippen LogP contribution in [0.15, 0.2) is 69.6 Å². The van der Waals surface area contributed by atoms with Gasteiger partial charge in [-0.2, -0.15) is 5.26 Å². The minimum atomic E-state index is 0.676. The fourth-order valence-corrected chi connectivity index (χ4v) is 3.79. The van der Waals surface area contributed by atoms with Gasteiger partial charge in [-0.15, -0.1) is 0 Å². The van der Waals surface area contributed by atoms with Gasteiger partial charge >= 0.3 is 0 Å². The molecule has 3 heteroatoms. The van der Waals surface area contributed by atoms with Gasteiger partial charge in [0.2, 0.25) is 0 Å². The van der Waals surface area contributed by atoms with Crippen LogP contribution >= 0.6 is 31.9 Å². The summed E-state index contributed by atoms with van der Waals surface area (Å²) in [5.74, 6) is 0. The van der Waals surface area contributed by atoms with Gasteiger partial charge < -0.3 is 0 Å². The van der Waals surface area contributed by atoms with Gasteiger partial charge in [0.25, 0.3) is 0 Å². The van der Waals surface area contributed by atoms with Crippen molar-refractivity contribution in [3.63, 3.8) is 0 Å². The molecule has 0 heterocycles. The number of hydrogen-bond donors (Lipinski definition) is 0. The van der Waals surface area contributed by atoms with E-state index in [1.807, 2.05) is 24.3 Å². The summed E-state index contributed by atoms with van der Waals surface area (Å²) in [5, 5.41) is 8.96. The van der Waals surface area contributed by atoms with Crippen molar-refractivity contribution in [2.24, 2.45) is 0 Å². The minimum absolute atomic E-state index is 0.676. The molecule has 0 atom stereocenters. The summed E-state index contributed by atoms with van der Waals surface area (Å²) >= 11 is 7.17. The molecule has 0 unspecified atom stereocenters. The Morgan fingerprint density at radius 1 is 0.708 bits per heavy atom. The van der Waals surface area contributed by atoms with E-state index in [4.69, 9.17) is 5.26 Å². The Kier molecular flexibility index (Phi) is 3.88. The monoisotopic (exact) mass is 435 g/mol. The maximum absolute atomic E-state index is 8.96. The SMILES string of the molecule is N#Cc1ccc(C=C2c3cc(Br)ccc3-c3ccc(Br)cc32)cc1. The molecule has 1 aliphatic rings. The van der Waals surface area contributed by atoms with E-state index >= 15 is 0 Å². The molecule has 0 N–H and O–H groups in total. The lowest BCUT2D eigenvalue weighted by molar-refractivity contribution is 1.48. The highest BCUT2D eigenvalue weighted by atomic mass is 79.9. The highest BCUT2D eigenvalue weighted by Gasteiger charge is 2.23. The lowest BCUT2D eigenvalue weighted by atomic mass is 10.0. The average molecular weight is 437 g/mol. The van der Waals surface area contributed by atoms with Gasteiger partial charge in [0, 0.05) is 8.95 Å². The molecular formula is C21H11Br2N. The van der Waals surface area contributed by atoms with Crippen molar-refractivity contribution in [1.29, 1.82) is 5.26 Å². The van der Waals surface area contributed by atoms with Crippen LogP contribution in [-0.2, 0) is 0 Å². The number of hydrogen-bond acceptors (Lipinski definition) is 1. The van der Waals surface area contributed by atoms with Crippen LogP contribution in [0.25, 0.3) is 22.8 Å². The van der Waals surface area contributed by atoms with E-state index < -0.39 is 0 Å². The number of halogens is 2. The molecule has 0 saturated heterocycles. The highest BCUT2D eigenvalue weighted by Crippen LogP contribution is 2.46. The van der Waals surface area contributed by atoms with Crippen molar-refractivity contribution in [1.82, 2.24) is 0 Å². The average Bonchev–Trinajstić information content (AvgIpc) is 2.88. The number of rotatable bonds is 1. The van der Waals surface area contributed by atoms with Crippen LogP contribution in [-0.4, -0.2) is 0 Å². The second kappa shape index (κ2) is 6.05. The van der Waals surface area contributed by atoms with Gasteiger partial charge in [0.05, 0.1) is 11.6 Å². The molecule has 1 nitrogen and oxygen atoms in total. The van der Waals surface area contributed by atoms with Crippen molar-refractivity contribution in [2.75, 3.05) is 0 Å². The predicted octanol–water partition coefficient (Wildman–Crippen LogP) is 6.65. The van der Waals surface area contributed by atoms with Crippen LogP contribution < -0.4 is 0 Å². The molecule has 4 rings (SSSR count). The van der Waals surface area contributed by atoms with E-state index in [-0.39, 0.29) is 0 Å². The lowest BCUT2D eigenvalue weighted by Gasteiger charge is -2.04. The number of benzene rings is 3. The van der Waals surface area contributed by atoms with Gasteiger partial charge in [-0.25, -0.2) is 0 Å². The molecule has 114 valence electrons. The Morgan fingerprint density at radius 2 is 1.25 bits per heavy atom. The Hall–Kier alpha value is -2.15. The largest absolute Gasteiger partial charge is 0.192 e. The van der Waals surface area contributed by atoms with Crippen LogP contribution in [0.1, 0.15) is 22.3 Å². The first-order valence-electron chi connectivity index (χ1n) is 7.48. The second-order valence-electron chi connectivity index (χ2n) is 5.67. The van der Waals surface area contributed by atoms with Crippen molar-refractivity contribution < 1.29 is 0 Å². The molecule has 0 amide bonds. The smallest absolute Gasteiger partial charge is 0.0991 e. The normalized spacial score (nSPS) is 11.6. The summed E-state index contributed by atoms with van der Waals surface area (Å²) in [6.45, 7) is 0. The maximum atomic E-state index is 8.96. The fourth-order valence-electron chi connectivity index (χ4n) is 3.07. The topological polar surface area (TPSA) is 23.8 Å². The first-order chi connectivity index (χ1) is 11.7. The van der Waals surface area contributed by atoms with Gasteiger partial charge in [-0.3, -0.25) is 0 Å². The summed E-state index contributed by atoms with van der Waals surface area (Å²) in [7, 11) is 0. The molecule has 0 fully saturated rings. The van der Waals surface area contributed by atoms with Gasteiger partial charge in [0.1, 0.15) is 0 Å².